The van der Waals surface area contributed by atoms with E-state index in [9.17, 15) is 4.79 Å². The van der Waals surface area contributed by atoms with Gasteiger partial charge < -0.3 is 15.5 Å². The van der Waals surface area contributed by atoms with Gasteiger partial charge in [-0.05, 0) is 39.3 Å². The molecule has 1 heterocycles. The van der Waals surface area contributed by atoms with E-state index in [-0.39, 0.29) is 12.5 Å². The van der Waals surface area contributed by atoms with Crippen molar-refractivity contribution in [3.63, 3.8) is 0 Å². The van der Waals surface area contributed by atoms with Gasteiger partial charge in [0, 0.05) is 18.6 Å². The van der Waals surface area contributed by atoms with Crippen LogP contribution in [0.25, 0.3) is 0 Å². The maximum atomic E-state index is 11.8. The van der Waals surface area contributed by atoms with E-state index in [4.69, 9.17) is 5.73 Å². The van der Waals surface area contributed by atoms with Gasteiger partial charge in [0.05, 0.1) is 6.54 Å². The molecular formula is C12H23N3O. The Labute approximate surface area is 97.8 Å². The third-order valence-corrected chi connectivity index (χ3v) is 3.81. The zero-order chi connectivity index (χ0) is 11.5. The molecule has 1 amide bonds. The summed E-state index contributed by atoms with van der Waals surface area (Å²) in [6.07, 6.45) is 6.15. The smallest absolute Gasteiger partial charge is 0.236 e. The molecule has 1 saturated carbocycles. The fourth-order valence-corrected chi connectivity index (χ4v) is 2.56. The normalized spacial score (nSPS) is 26.8. The number of carbonyl (C=O) groups excluding carboxylic acids is 1. The minimum absolute atomic E-state index is 0.126. The Morgan fingerprint density at radius 1 is 1.38 bits per heavy atom. The van der Waals surface area contributed by atoms with Crippen molar-refractivity contribution in [2.75, 3.05) is 26.7 Å². The molecular weight excluding hydrogens is 202 g/mol. The highest BCUT2D eigenvalue weighted by Crippen LogP contribution is 2.28. The van der Waals surface area contributed by atoms with Crippen molar-refractivity contribution in [3.05, 3.63) is 0 Å². The molecule has 2 aliphatic rings. The van der Waals surface area contributed by atoms with E-state index in [1.54, 1.807) is 0 Å². The number of likely N-dealkylation sites (N-methyl/N-ethyl adjacent to an activating group) is 1. The van der Waals surface area contributed by atoms with Gasteiger partial charge in [0.25, 0.3) is 0 Å². The fourth-order valence-electron chi connectivity index (χ4n) is 2.56. The second-order valence-electron chi connectivity index (χ2n) is 5.11. The predicted octanol–water partition coefficient (Wildman–Crippen LogP) is 0.420. The van der Waals surface area contributed by atoms with Crippen LogP contribution < -0.4 is 5.73 Å². The number of nitrogens with two attached hydrogens (primary N) is 1. The fraction of sp³-hybridized carbons (Fsp3) is 0.917. The van der Waals surface area contributed by atoms with Crippen LogP contribution in [0, 0.1) is 0 Å². The van der Waals surface area contributed by atoms with Crippen LogP contribution >= 0.6 is 0 Å². The van der Waals surface area contributed by atoms with E-state index in [2.05, 4.69) is 11.9 Å². The molecule has 0 spiro atoms. The van der Waals surface area contributed by atoms with Gasteiger partial charge in [-0.1, -0.05) is 6.42 Å². The van der Waals surface area contributed by atoms with E-state index in [1.165, 1.54) is 38.6 Å². The summed E-state index contributed by atoms with van der Waals surface area (Å²) < 4.78 is 0. The number of nitrogens with zero attached hydrogens (tertiary/aromatic N) is 2. The van der Waals surface area contributed by atoms with Crippen molar-refractivity contribution >= 4 is 5.91 Å². The molecule has 2 N–H and O–H groups in total. The van der Waals surface area contributed by atoms with Gasteiger partial charge in [-0.3, -0.25) is 4.79 Å². The molecule has 1 unspecified atom stereocenters. The van der Waals surface area contributed by atoms with E-state index < -0.39 is 0 Å². The van der Waals surface area contributed by atoms with Crippen LogP contribution in [0.5, 0.6) is 0 Å². The summed E-state index contributed by atoms with van der Waals surface area (Å²) in [6, 6.07) is 1.04. The van der Waals surface area contributed by atoms with Crippen molar-refractivity contribution in [2.24, 2.45) is 5.73 Å². The SMILES string of the molecule is CN1CCCCC1CN(C(=O)CN)C1CC1. The summed E-state index contributed by atoms with van der Waals surface area (Å²) in [7, 11) is 2.17. The average Bonchev–Trinajstić information content (AvgIpc) is 3.11. The molecule has 1 saturated heterocycles. The molecule has 16 heavy (non-hydrogen) atoms. The zero-order valence-corrected chi connectivity index (χ0v) is 10.2. The molecule has 4 nitrogen and oxygen atoms in total. The second-order valence-corrected chi connectivity index (χ2v) is 5.11. The topological polar surface area (TPSA) is 49.6 Å². The minimum Gasteiger partial charge on any atom is -0.337 e. The van der Waals surface area contributed by atoms with Crippen molar-refractivity contribution < 1.29 is 4.79 Å². The first-order valence-corrected chi connectivity index (χ1v) is 6.42. The molecule has 0 bridgehead atoms. The Hall–Kier alpha value is -0.610. The lowest BCUT2D eigenvalue weighted by atomic mass is 10.0. The third kappa shape index (κ3) is 2.74. The number of likely N-dealkylation sites (tertiary alicyclic amines) is 1. The van der Waals surface area contributed by atoms with Crippen LogP contribution in [-0.4, -0.2) is 54.5 Å². The molecule has 0 aromatic carbocycles. The first-order valence-electron chi connectivity index (χ1n) is 6.42. The monoisotopic (exact) mass is 225 g/mol. The van der Waals surface area contributed by atoms with Crippen LogP contribution in [0.2, 0.25) is 0 Å². The lowest BCUT2D eigenvalue weighted by Gasteiger charge is -2.36. The number of hydrogen-bond acceptors (Lipinski definition) is 3. The summed E-state index contributed by atoms with van der Waals surface area (Å²) in [4.78, 5) is 16.2. The Morgan fingerprint density at radius 3 is 2.69 bits per heavy atom. The standard InChI is InChI=1S/C12H23N3O/c1-14-7-3-2-4-11(14)9-15(10-5-6-10)12(16)8-13/h10-11H,2-9,13H2,1H3. The number of carbonyl (C=O) groups is 1. The van der Waals surface area contributed by atoms with Crippen LogP contribution in [-0.2, 0) is 4.79 Å². The summed E-state index contributed by atoms with van der Waals surface area (Å²) in [6.45, 7) is 2.21. The summed E-state index contributed by atoms with van der Waals surface area (Å²) in [5, 5.41) is 0. The quantitative estimate of drug-likeness (QED) is 0.754. The number of rotatable bonds is 4. The first-order chi connectivity index (χ1) is 7.72. The van der Waals surface area contributed by atoms with Gasteiger partial charge in [-0.25, -0.2) is 0 Å². The first kappa shape index (κ1) is 11.9. The maximum Gasteiger partial charge on any atom is 0.236 e. The summed E-state index contributed by atoms with van der Waals surface area (Å²) in [5.74, 6) is 0.126. The minimum atomic E-state index is 0.126. The molecule has 1 atom stereocenters. The van der Waals surface area contributed by atoms with Crippen molar-refractivity contribution in [1.82, 2.24) is 9.80 Å². The second kappa shape index (κ2) is 5.15. The molecule has 0 aromatic rings. The van der Waals surface area contributed by atoms with Crippen LogP contribution in [0.1, 0.15) is 32.1 Å². The molecule has 2 fully saturated rings. The zero-order valence-electron chi connectivity index (χ0n) is 10.2. The molecule has 0 radical (unpaired) electrons. The van der Waals surface area contributed by atoms with Crippen molar-refractivity contribution in [2.45, 2.75) is 44.2 Å². The molecule has 92 valence electrons. The molecule has 2 rings (SSSR count). The summed E-state index contributed by atoms with van der Waals surface area (Å²) in [5.41, 5.74) is 5.47. The van der Waals surface area contributed by atoms with Gasteiger partial charge in [0.15, 0.2) is 0 Å². The summed E-state index contributed by atoms with van der Waals surface area (Å²) >= 11 is 0. The van der Waals surface area contributed by atoms with Crippen LogP contribution in [0.4, 0.5) is 0 Å². The largest absolute Gasteiger partial charge is 0.337 e. The van der Waals surface area contributed by atoms with E-state index in [0.29, 0.717) is 12.1 Å². The van der Waals surface area contributed by atoms with E-state index in [1.807, 2.05) is 4.90 Å². The molecule has 1 aliphatic heterocycles. The van der Waals surface area contributed by atoms with Gasteiger partial charge in [0.2, 0.25) is 5.91 Å². The van der Waals surface area contributed by atoms with E-state index >= 15 is 0 Å². The third-order valence-electron chi connectivity index (χ3n) is 3.81. The molecule has 0 aromatic heterocycles. The average molecular weight is 225 g/mol. The molecule has 1 aliphatic carbocycles. The predicted molar refractivity (Wildman–Crippen MR) is 64.1 cm³/mol. The lowest BCUT2D eigenvalue weighted by Crippen LogP contribution is -2.48. The van der Waals surface area contributed by atoms with Crippen molar-refractivity contribution in [3.8, 4) is 0 Å². The number of amides is 1. The van der Waals surface area contributed by atoms with Gasteiger partial charge >= 0.3 is 0 Å². The van der Waals surface area contributed by atoms with Gasteiger partial charge in [0.1, 0.15) is 0 Å². The number of hydrogen-bond donors (Lipinski definition) is 1. The Bertz CT molecular complexity index is 253. The van der Waals surface area contributed by atoms with Gasteiger partial charge in [-0.2, -0.15) is 0 Å². The Kier molecular flexibility index (Phi) is 3.82. The van der Waals surface area contributed by atoms with Gasteiger partial charge in [-0.15, -0.1) is 0 Å². The highest BCUT2D eigenvalue weighted by atomic mass is 16.2. The van der Waals surface area contributed by atoms with Crippen molar-refractivity contribution in [1.29, 1.82) is 0 Å². The molecule has 4 heteroatoms. The van der Waals surface area contributed by atoms with Crippen LogP contribution in [0.15, 0.2) is 0 Å². The highest BCUT2D eigenvalue weighted by Gasteiger charge is 2.34. The Morgan fingerprint density at radius 2 is 2.12 bits per heavy atom. The maximum absolute atomic E-state index is 11.8. The highest BCUT2D eigenvalue weighted by molar-refractivity contribution is 5.78. The number of piperidine rings is 1. The van der Waals surface area contributed by atoms with E-state index in [0.717, 1.165) is 6.54 Å². The lowest BCUT2D eigenvalue weighted by molar-refractivity contribution is -0.131. The Balaban J connectivity index is 1.91. The van der Waals surface area contributed by atoms with Crippen LogP contribution in [0.3, 0.4) is 0 Å².